The summed E-state index contributed by atoms with van der Waals surface area (Å²) < 4.78 is 49.2. The highest BCUT2D eigenvalue weighted by atomic mass is 32.2. The van der Waals surface area contributed by atoms with Crippen LogP contribution in [0.3, 0.4) is 0 Å². The first kappa shape index (κ1) is 19.1. The standard InChI is InChI=1S/C16H23N3O5S2/c1-25(21,22)18-13-6-4-5-12(9-13)16(20)17-14-10-26(23,24)11-15(14)19-7-2-3-8-19/h4-6,9,14-15,18H,2-3,7-8,10-11H2,1H3,(H,17,20)/t14-,15-/m0/s1. The summed E-state index contributed by atoms with van der Waals surface area (Å²) in [5.74, 6) is -0.414. The van der Waals surface area contributed by atoms with Crippen molar-refractivity contribution in [2.24, 2.45) is 0 Å². The summed E-state index contributed by atoms with van der Waals surface area (Å²) in [6, 6.07) is 5.46. The normalized spacial score (nSPS) is 25.9. The lowest BCUT2D eigenvalue weighted by molar-refractivity contribution is 0.0918. The molecule has 144 valence electrons. The van der Waals surface area contributed by atoms with Crippen molar-refractivity contribution in [3.05, 3.63) is 29.8 Å². The molecule has 2 fully saturated rings. The minimum absolute atomic E-state index is 0.0631. The minimum Gasteiger partial charge on any atom is -0.347 e. The maximum Gasteiger partial charge on any atom is 0.251 e. The van der Waals surface area contributed by atoms with E-state index >= 15 is 0 Å². The second kappa shape index (κ2) is 7.16. The quantitative estimate of drug-likeness (QED) is 0.721. The van der Waals surface area contributed by atoms with Crippen LogP contribution in [0, 0.1) is 0 Å². The number of sulfone groups is 1. The molecule has 0 radical (unpaired) electrons. The van der Waals surface area contributed by atoms with E-state index in [-0.39, 0.29) is 28.8 Å². The van der Waals surface area contributed by atoms with Crippen molar-refractivity contribution in [3.63, 3.8) is 0 Å². The first-order chi connectivity index (χ1) is 12.1. The van der Waals surface area contributed by atoms with Gasteiger partial charge in [-0.2, -0.15) is 0 Å². The van der Waals surface area contributed by atoms with Crippen molar-refractivity contribution >= 4 is 31.5 Å². The van der Waals surface area contributed by atoms with Gasteiger partial charge in [0.1, 0.15) is 0 Å². The number of nitrogens with one attached hydrogen (secondary N) is 2. The summed E-state index contributed by atoms with van der Waals surface area (Å²) in [6.45, 7) is 1.70. The summed E-state index contributed by atoms with van der Waals surface area (Å²) >= 11 is 0. The SMILES string of the molecule is CS(=O)(=O)Nc1cccc(C(=O)N[C@H]2CS(=O)(=O)C[C@@H]2N2CCCC2)c1. The van der Waals surface area contributed by atoms with E-state index < -0.39 is 31.8 Å². The Hall–Kier alpha value is -1.65. The van der Waals surface area contributed by atoms with E-state index in [4.69, 9.17) is 0 Å². The van der Waals surface area contributed by atoms with Gasteiger partial charge in [-0.3, -0.25) is 14.4 Å². The third kappa shape index (κ3) is 4.74. The third-order valence-electron chi connectivity index (χ3n) is 4.68. The van der Waals surface area contributed by atoms with Crippen LogP contribution in [0.15, 0.2) is 24.3 Å². The summed E-state index contributed by atoms with van der Waals surface area (Å²) in [6.07, 6.45) is 3.11. The van der Waals surface area contributed by atoms with Gasteiger partial charge in [0.25, 0.3) is 5.91 Å². The number of carbonyl (C=O) groups is 1. The van der Waals surface area contributed by atoms with Crippen LogP contribution >= 0.6 is 0 Å². The minimum atomic E-state index is -3.44. The van der Waals surface area contributed by atoms with Gasteiger partial charge < -0.3 is 5.32 Å². The Kier molecular flexibility index (Phi) is 5.27. The molecule has 10 heteroatoms. The molecule has 0 saturated carbocycles. The van der Waals surface area contributed by atoms with Gasteiger partial charge in [0, 0.05) is 17.3 Å². The van der Waals surface area contributed by atoms with Gasteiger partial charge in [0.05, 0.1) is 23.8 Å². The van der Waals surface area contributed by atoms with Crippen molar-refractivity contribution in [1.29, 1.82) is 0 Å². The van der Waals surface area contributed by atoms with Crippen LogP contribution in [0.5, 0.6) is 0 Å². The van der Waals surface area contributed by atoms with Gasteiger partial charge in [-0.15, -0.1) is 0 Å². The average molecular weight is 402 g/mol. The van der Waals surface area contributed by atoms with Crippen molar-refractivity contribution in [2.45, 2.75) is 24.9 Å². The number of benzene rings is 1. The molecule has 2 aliphatic rings. The summed E-state index contributed by atoms with van der Waals surface area (Å²) in [5, 5.41) is 2.83. The van der Waals surface area contributed by atoms with E-state index in [1.165, 1.54) is 6.07 Å². The number of anilines is 1. The molecular weight excluding hydrogens is 378 g/mol. The fourth-order valence-corrected chi connectivity index (χ4v) is 6.10. The van der Waals surface area contributed by atoms with Crippen molar-refractivity contribution in [1.82, 2.24) is 10.2 Å². The fourth-order valence-electron chi connectivity index (χ4n) is 3.59. The summed E-state index contributed by atoms with van der Waals surface area (Å²) in [7, 11) is -6.64. The molecule has 0 unspecified atom stereocenters. The average Bonchev–Trinajstić information content (AvgIpc) is 3.13. The second-order valence-electron chi connectivity index (χ2n) is 6.92. The molecule has 8 nitrogen and oxygen atoms in total. The maximum absolute atomic E-state index is 12.6. The smallest absolute Gasteiger partial charge is 0.251 e. The second-order valence-corrected chi connectivity index (χ2v) is 10.8. The number of nitrogens with zero attached hydrogens (tertiary/aromatic N) is 1. The predicted molar refractivity (Wildman–Crippen MR) is 99.4 cm³/mol. The molecule has 0 spiro atoms. The molecular formula is C16H23N3O5S2. The third-order valence-corrected chi connectivity index (χ3v) is 7.00. The van der Waals surface area contributed by atoms with Gasteiger partial charge in [-0.1, -0.05) is 6.07 Å². The molecule has 2 saturated heterocycles. The van der Waals surface area contributed by atoms with Crippen LogP contribution in [-0.2, 0) is 19.9 Å². The van der Waals surface area contributed by atoms with E-state index in [1.807, 2.05) is 0 Å². The number of hydrogen-bond donors (Lipinski definition) is 2. The number of amides is 1. The molecule has 2 aliphatic heterocycles. The van der Waals surface area contributed by atoms with Crippen LogP contribution in [0.25, 0.3) is 0 Å². The predicted octanol–water partition coefficient (Wildman–Crippen LogP) is 0.0493. The largest absolute Gasteiger partial charge is 0.347 e. The highest BCUT2D eigenvalue weighted by molar-refractivity contribution is 7.92. The van der Waals surface area contributed by atoms with Crippen molar-refractivity contribution < 1.29 is 21.6 Å². The molecule has 2 N–H and O–H groups in total. The molecule has 0 aromatic heterocycles. The van der Waals surface area contributed by atoms with E-state index in [9.17, 15) is 21.6 Å². The maximum atomic E-state index is 12.6. The highest BCUT2D eigenvalue weighted by Crippen LogP contribution is 2.23. The van der Waals surface area contributed by atoms with Crippen molar-refractivity contribution in [3.8, 4) is 0 Å². The lowest BCUT2D eigenvalue weighted by Gasteiger charge is -2.28. The van der Waals surface area contributed by atoms with E-state index in [2.05, 4.69) is 14.9 Å². The Bertz CT molecular complexity index is 892. The first-order valence-corrected chi connectivity index (χ1v) is 12.2. The number of hydrogen-bond acceptors (Lipinski definition) is 6. The van der Waals surface area contributed by atoms with Crippen LogP contribution in [-0.4, -0.2) is 70.6 Å². The number of sulfonamides is 1. The van der Waals surface area contributed by atoms with E-state index in [0.717, 1.165) is 32.2 Å². The zero-order valence-electron chi connectivity index (χ0n) is 14.5. The zero-order valence-corrected chi connectivity index (χ0v) is 16.1. The molecule has 2 heterocycles. The fraction of sp³-hybridized carbons (Fsp3) is 0.562. The number of carbonyl (C=O) groups excluding carboxylic acids is 1. The van der Waals surface area contributed by atoms with E-state index in [0.29, 0.717) is 0 Å². The Labute approximate surface area is 153 Å². The van der Waals surface area contributed by atoms with Gasteiger partial charge in [0.2, 0.25) is 10.0 Å². The van der Waals surface area contributed by atoms with Crippen LogP contribution < -0.4 is 10.0 Å². The Morgan fingerprint density at radius 3 is 2.54 bits per heavy atom. The van der Waals surface area contributed by atoms with E-state index in [1.54, 1.807) is 18.2 Å². The topological polar surface area (TPSA) is 113 Å². The van der Waals surface area contributed by atoms with Crippen LogP contribution in [0.4, 0.5) is 5.69 Å². The molecule has 0 bridgehead atoms. The molecule has 26 heavy (non-hydrogen) atoms. The highest BCUT2D eigenvalue weighted by Gasteiger charge is 2.42. The van der Waals surface area contributed by atoms with Gasteiger partial charge in [-0.25, -0.2) is 16.8 Å². The monoisotopic (exact) mass is 401 g/mol. The first-order valence-electron chi connectivity index (χ1n) is 8.46. The van der Waals surface area contributed by atoms with Gasteiger partial charge in [0.15, 0.2) is 9.84 Å². The number of rotatable bonds is 5. The van der Waals surface area contributed by atoms with Gasteiger partial charge >= 0.3 is 0 Å². The Balaban J connectivity index is 1.75. The summed E-state index contributed by atoms with van der Waals surface area (Å²) in [5.41, 5.74) is 0.568. The lowest BCUT2D eigenvalue weighted by atomic mass is 10.1. The van der Waals surface area contributed by atoms with Crippen LogP contribution in [0.1, 0.15) is 23.2 Å². The molecule has 1 aromatic carbocycles. The van der Waals surface area contributed by atoms with Crippen LogP contribution in [0.2, 0.25) is 0 Å². The van der Waals surface area contributed by atoms with Gasteiger partial charge in [-0.05, 0) is 44.1 Å². The molecule has 2 atom stereocenters. The van der Waals surface area contributed by atoms with Crippen molar-refractivity contribution in [2.75, 3.05) is 35.6 Å². The molecule has 0 aliphatic carbocycles. The Morgan fingerprint density at radius 2 is 1.88 bits per heavy atom. The lowest BCUT2D eigenvalue weighted by Crippen LogP contribution is -2.50. The number of likely N-dealkylation sites (tertiary alicyclic amines) is 1. The zero-order chi connectivity index (χ0) is 18.9. The molecule has 1 aromatic rings. The molecule has 1 amide bonds. The molecule has 3 rings (SSSR count). The Morgan fingerprint density at radius 1 is 1.19 bits per heavy atom. The summed E-state index contributed by atoms with van der Waals surface area (Å²) in [4.78, 5) is 14.7.